The number of rotatable bonds is 7. The largest absolute Gasteiger partial charge is 0.353 e. The zero-order valence-electron chi connectivity index (χ0n) is 22.8. The number of Topliss-reactive ketones (excluding diaryl/α,β-unsaturated/α-hetero) is 1. The number of nitrogens with zero attached hydrogens (tertiary/aromatic N) is 3. The molecule has 1 saturated carbocycles. The van der Waals surface area contributed by atoms with E-state index in [1.54, 1.807) is 0 Å². The van der Waals surface area contributed by atoms with Gasteiger partial charge < -0.3 is 15.5 Å². The number of nitrogens with one attached hydrogen (secondary N) is 2. The lowest BCUT2D eigenvalue weighted by atomic mass is 9.83. The molecule has 0 radical (unpaired) electrons. The summed E-state index contributed by atoms with van der Waals surface area (Å²) < 4.78 is 54.6. The Morgan fingerprint density at radius 3 is 2.00 bits per heavy atom. The number of halogens is 4. The van der Waals surface area contributed by atoms with Gasteiger partial charge in [-0.1, -0.05) is 12.1 Å². The van der Waals surface area contributed by atoms with Crippen LogP contribution >= 0.6 is 0 Å². The van der Waals surface area contributed by atoms with Crippen molar-refractivity contribution in [3.63, 3.8) is 0 Å². The lowest BCUT2D eigenvalue weighted by molar-refractivity contribution is -0.113. The summed E-state index contributed by atoms with van der Waals surface area (Å²) >= 11 is 0. The van der Waals surface area contributed by atoms with E-state index in [0.717, 1.165) is 43.7 Å². The predicted octanol–water partition coefficient (Wildman–Crippen LogP) is 5.17. The maximum Gasteiger partial charge on any atom is 0.254 e. The Bertz CT molecular complexity index is 1480. The summed E-state index contributed by atoms with van der Waals surface area (Å²) in [6.45, 7) is 1.74. The molecule has 2 heterocycles. The van der Waals surface area contributed by atoms with Gasteiger partial charge >= 0.3 is 0 Å². The van der Waals surface area contributed by atoms with E-state index in [-0.39, 0.29) is 40.7 Å². The molecule has 42 heavy (non-hydrogen) atoms. The van der Waals surface area contributed by atoms with Crippen LogP contribution in [0.3, 0.4) is 0 Å². The molecular weight excluding hydrogens is 550 g/mol. The lowest BCUT2D eigenvalue weighted by Gasteiger charge is -2.27. The summed E-state index contributed by atoms with van der Waals surface area (Å²) in [7, 11) is 2.07. The van der Waals surface area contributed by atoms with E-state index >= 15 is 0 Å². The minimum atomic E-state index is -1.07. The average Bonchev–Trinajstić information content (AvgIpc) is 3.38. The Morgan fingerprint density at radius 2 is 1.50 bits per heavy atom. The zero-order valence-corrected chi connectivity index (χ0v) is 22.8. The maximum atomic E-state index is 13.8. The molecule has 0 spiro atoms. The van der Waals surface area contributed by atoms with E-state index < -0.39 is 41.0 Å². The first kappa shape index (κ1) is 29.1. The predicted molar refractivity (Wildman–Crippen MR) is 150 cm³/mol. The Kier molecular flexibility index (Phi) is 8.77. The highest BCUT2D eigenvalue weighted by molar-refractivity contribution is 6.14. The molecule has 2 N–H and O–H groups in total. The summed E-state index contributed by atoms with van der Waals surface area (Å²) in [6.07, 6.45) is 8.11. The van der Waals surface area contributed by atoms with Crippen molar-refractivity contribution >= 4 is 29.8 Å². The van der Waals surface area contributed by atoms with Crippen LogP contribution in [-0.4, -0.2) is 58.8 Å². The van der Waals surface area contributed by atoms with E-state index in [4.69, 9.17) is 0 Å². The molecule has 11 heteroatoms. The van der Waals surface area contributed by atoms with Crippen LogP contribution in [0.2, 0.25) is 0 Å². The highest BCUT2D eigenvalue weighted by Crippen LogP contribution is 2.29. The summed E-state index contributed by atoms with van der Waals surface area (Å²) in [4.78, 5) is 37.2. The fraction of sp³-hybridized carbons (Fsp3) is 0.290. The van der Waals surface area contributed by atoms with Crippen LogP contribution in [-0.2, 0) is 4.79 Å². The summed E-state index contributed by atoms with van der Waals surface area (Å²) in [5.74, 6) is -4.64. The number of carbonyl (C=O) groups excluding carboxylic acids is 2. The molecule has 1 aliphatic heterocycles. The second-order valence-corrected chi connectivity index (χ2v) is 10.5. The number of hydrogen-bond donors (Lipinski definition) is 2. The second-order valence-electron chi connectivity index (χ2n) is 10.5. The van der Waals surface area contributed by atoms with Crippen LogP contribution in [0.4, 0.5) is 23.5 Å². The molecule has 1 saturated heterocycles. The molecule has 1 amide bonds. The SMILES string of the molecule is CN1CCC[C@H]1CNc1ncc(C(=O)NC2C/C(=C\c3ccc(F)c(F)c3)C(=O)/C(=C/c3ccc(F)c(F)c3)C2)cn1. The van der Waals surface area contributed by atoms with Crippen molar-refractivity contribution in [1.29, 1.82) is 0 Å². The molecule has 3 aromatic rings. The quantitative estimate of drug-likeness (QED) is 0.297. The van der Waals surface area contributed by atoms with Gasteiger partial charge in [0.1, 0.15) is 0 Å². The van der Waals surface area contributed by atoms with Gasteiger partial charge in [0.05, 0.1) is 5.56 Å². The van der Waals surface area contributed by atoms with Crippen molar-refractivity contribution in [1.82, 2.24) is 20.2 Å². The third kappa shape index (κ3) is 6.91. The van der Waals surface area contributed by atoms with Crippen LogP contribution < -0.4 is 10.6 Å². The molecule has 5 rings (SSSR count). The highest BCUT2D eigenvalue weighted by atomic mass is 19.2. The summed E-state index contributed by atoms with van der Waals surface area (Å²) in [6, 6.07) is 6.33. The second kappa shape index (κ2) is 12.6. The first-order chi connectivity index (χ1) is 20.2. The minimum absolute atomic E-state index is 0.105. The van der Waals surface area contributed by atoms with Crippen LogP contribution in [0.1, 0.15) is 47.2 Å². The minimum Gasteiger partial charge on any atom is -0.353 e. The van der Waals surface area contributed by atoms with Crippen LogP contribution in [0.25, 0.3) is 12.2 Å². The zero-order chi connectivity index (χ0) is 29.8. The fourth-order valence-electron chi connectivity index (χ4n) is 5.20. The molecule has 1 atom stereocenters. The Hall–Kier alpha value is -4.38. The highest BCUT2D eigenvalue weighted by Gasteiger charge is 2.29. The van der Waals surface area contributed by atoms with Crippen molar-refractivity contribution in [3.8, 4) is 0 Å². The molecule has 2 fully saturated rings. The number of carbonyl (C=O) groups is 2. The van der Waals surface area contributed by atoms with Crippen molar-refractivity contribution in [2.45, 2.75) is 37.8 Å². The van der Waals surface area contributed by atoms with Gasteiger partial charge in [0, 0.05) is 42.2 Å². The molecule has 2 aliphatic rings. The number of ketones is 1. The molecule has 7 nitrogen and oxygen atoms in total. The number of amides is 1. The molecule has 0 bridgehead atoms. The Morgan fingerprint density at radius 1 is 0.929 bits per heavy atom. The maximum absolute atomic E-state index is 13.8. The summed E-state index contributed by atoms with van der Waals surface area (Å²) in [5, 5.41) is 6.08. The normalized spacial score (nSPS) is 21.2. The van der Waals surface area contributed by atoms with Gasteiger partial charge in [0.2, 0.25) is 5.95 Å². The summed E-state index contributed by atoms with van der Waals surface area (Å²) in [5.41, 5.74) is 1.21. The Balaban J connectivity index is 1.34. The molecule has 1 aromatic heterocycles. The number of likely N-dealkylation sites (tertiary alicyclic amines) is 1. The van der Waals surface area contributed by atoms with Gasteiger partial charge in [-0.05, 0) is 86.8 Å². The smallest absolute Gasteiger partial charge is 0.254 e. The number of aromatic nitrogens is 2. The van der Waals surface area contributed by atoms with E-state index in [0.29, 0.717) is 18.5 Å². The standard InChI is InChI=1S/C31H29F4N5O2/c1-40-8-2-3-24(40)17-38-31-36-15-22(16-37-31)30(42)39-23-13-20(9-18-4-6-25(32)27(34)11-18)29(41)21(14-23)10-19-5-7-26(33)28(35)12-19/h4-7,9-12,15-16,23-24H,2-3,8,13-14,17H2,1H3,(H,39,42)(H,36,37,38)/b20-9+,21-10+/t24-/m0/s1. The van der Waals surface area contributed by atoms with Crippen LogP contribution in [0.15, 0.2) is 59.9 Å². The van der Waals surface area contributed by atoms with Crippen LogP contribution in [0, 0.1) is 23.3 Å². The van der Waals surface area contributed by atoms with Crippen molar-refractivity contribution in [2.75, 3.05) is 25.5 Å². The van der Waals surface area contributed by atoms with Gasteiger partial charge in [-0.3, -0.25) is 9.59 Å². The Labute approximate surface area is 240 Å². The third-order valence-corrected chi connectivity index (χ3v) is 7.50. The monoisotopic (exact) mass is 579 g/mol. The molecule has 2 aromatic carbocycles. The lowest BCUT2D eigenvalue weighted by Crippen LogP contribution is -2.39. The number of benzene rings is 2. The van der Waals surface area contributed by atoms with Crippen LogP contribution in [0.5, 0.6) is 0 Å². The average molecular weight is 580 g/mol. The number of likely N-dealkylation sites (N-methyl/N-ethyl adjacent to an activating group) is 1. The number of anilines is 1. The van der Waals surface area contributed by atoms with Crippen molar-refractivity contribution in [3.05, 3.63) is 99.9 Å². The first-order valence-electron chi connectivity index (χ1n) is 13.6. The van der Waals surface area contributed by atoms with Gasteiger partial charge in [-0.25, -0.2) is 27.5 Å². The van der Waals surface area contributed by atoms with E-state index in [1.807, 2.05) is 0 Å². The molecule has 218 valence electrons. The van der Waals surface area contributed by atoms with Gasteiger partial charge in [-0.2, -0.15) is 0 Å². The fourth-order valence-corrected chi connectivity index (χ4v) is 5.20. The van der Waals surface area contributed by atoms with E-state index in [2.05, 4.69) is 32.5 Å². The van der Waals surface area contributed by atoms with E-state index in [1.165, 1.54) is 36.7 Å². The van der Waals surface area contributed by atoms with Gasteiger partial charge in [0.15, 0.2) is 29.1 Å². The van der Waals surface area contributed by atoms with Crippen molar-refractivity contribution in [2.24, 2.45) is 0 Å². The van der Waals surface area contributed by atoms with Gasteiger partial charge in [-0.15, -0.1) is 0 Å². The molecule has 1 aliphatic carbocycles. The topological polar surface area (TPSA) is 87.2 Å². The number of hydrogen-bond acceptors (Lipinski definition) is 6. The first-order valence-corrected chi connectivity index (χ1v) is 13.6. The molecule has 0 unspecified atom stereocenters. The molecular formula is C31H29F4N5O2. The van der Waals surface area contributed by atoms with Gasteiger partial charge in [0.25, 0.3) is 5.91 Å². The third-order valence-electron chi connectivity index (χ3n) is 7.50. The van der Waals surface area contributed by atoms with E-state index in [9.17, 15) is 27.2 Å². The van der Waals surface area contributed by atoms with Crippen molar-refractivity contribution < 1.29 is 27.2 Å².